The first-order valence-corrected chi connectivity index (χ1v) is 5.13. The second-order valence-electron chi connectivity index (χ2n) is 3.90. The molecule has 1 aliphatic carbocycles. The van der Waals surface area contributed by atoms with E-state index in [1.807, 2.05) is 12.1 Å². The van der Waals surface area contributed by atoms with Crippen LogP contribution in [0.2, 0.25) is 0 Å². The standard InChI is InChI=1S/C12H15NO/c13-7-11-3-1-2-10-5-4-9(8-14)6-12(10)11/h4-6,8,11H,1-3,7,13H2. The van der Waals surface area contributed by atoms with Crippen molar-refractivity contribution in [2.24, 2.45) is 5.73 Å². The summed E-state index contributed by atoms with van der Waals surface area (Å²) in [5.74, 6) is 0.457. The number of rotatable bonds is 2. The Morgan fingerprint density at radius 1 is 1.50 bits per heavy atom. The van der Waals surface area contributed by atoms with Crippen molar-refractivity contribution in [1.29, 1.82) is 0 Å². The average Bonchev–Trinajstić information content (AvgIpc) is 2.27. The highest BCUT2D eigenvalue weighted by atomic mass is 16.1. The van der Waals surface area contributed by atoms with E-state index in [0.29, 0.717) is 12.5 Å². The Morgan fingerprint density at radius 2 is 2.36 bits per heavy atom. The quantitative estimate of drug-likeness (QED) is 0.722. The van der Waals surface area contributed by atoms with Crippen molar-refractivity contribution >= 4 is 6.29 Å². The minimum atomic E-state index is 0.457. The van der Waals surface area contributed by atoms with E-state index in [2.05, 4.69) is 6.07 Å². The molecule has 1 aromatic rings. The third kappa shape index (κ3) is 1.58. The first-order chi connectivity index (χ1) is 6.85. The Morgan fingerprint density at radius 3 is 3.07 bits per heavy atom. The number of aldehydes is 1. The molecule has 0 amide bonds. The first kappa shape index (κ1) is 9.41. The van der Waals surface area contributed by atoms with Crippen LogP contribution in [0.25, 0.3) is 0 Å². The van der Waals surface area contributed by atoms with E-state index < -0.39 is 0 Å². The zero-order chi connectivity index (χ0) is 9.97. The fourth-order valence-corrected chi connectivity index (χ4v) is 2.23. The summed E-state index contributed by atoms with van der Waals surface area (Å²) in [6, 6.07) is 5.96. The van der Waals surface area contributed by atoms with Gasteiger partial charge in [0.2, 0.25) is 0 Å². The molecule has 0 bridgehead atoms. The van der Waals surface area contributed by atoms with Crippen LogP contribution in [-0.2, 0) is 6.42 Å². The molecule has 1 aliphatic rings. The van der Waals surface area contributed by atoms with Gasteiger partial charge in [0.1, 0.15) is 6.29 Å². The van der Waals surface area contributed by atoms with Gasteiger partial charge in [-0.15, -0.1) is 0 Å². The molecule has 1 aromatic carbocycles. The van der Waals surface area contributed by atoms with Crippen molar-refractivity contribution in [3.63, 3.8) is 0 Å². The third-order valence-electron chi connectivity index (χ3n) is 3.03. The van der Waals surface area contributed by atoms with Gasteiger partial charge in [-0.2, -0.15) is 0 Å². The van der Waals surface area contributed by atoms with E-state index >= 15 is 0 Å². The molecule has 0 aromatic heterocycles. The van der Waals surface area contributed by atoms with Crippen molar-refractivity contribution in [3.8, 4) is 0 Å². The van der Waals surface area contributed by atoms with Gasteiger partial charge in [-0.3, -0.25) is 4.79 Å². The molecule has 0 saturated carbocycles. The number of fused-ring (bicyclic) bond motifs is 1. The van der Waals surface area contributed by atoms with Crippen LogP contribution < -0.4 is 5.73 Å². The van der Waals surface area contributed by atoms with Crippen LogP contribution in [0.1, 0.15) is 40.2 Å². The van der Waals surface area contributed by atoms with Crippen LogP contribution >= 0.6 is 0 Å². The van der Waals surface area contributed by atoms with Gasteiger partial charge in [-0.05, 0) is 48.9 Å². The van der Waals surface area contributed by atoms with Crippen molar-refractivity contribution in [2.75, 3.05) is 6.54 Å². The van der Waals surface area contributed by atoms with Gasteiger partial charge < -0.3 is 5.73 Å². The molecule has 2 nitrogen and oxygen atoms in total. The van der Waals surface area contributed by atoms with Gasteiger partial charge in [0.05, 0.1) is 0 Å². The van der Waals surface area contributed by atoms with Crippen LogP contribution in [0, 0.1) is 0 Å². The average molecular weight is 189 g/mol. The van der Waals surface area contributed by atoms with Gasteiger partial charge in [-0.1, -0.05) is 12.1 Å². The molecule has 0 fully saturated rings. The fraction of sp³-hybridized carbons (Fsp3) is 0.417. The lowest BCUT2D eigenvalue weighted by Crippen LogP contribution is -2.18. The summed E-state index contributed by atoms with van der Waals surface area (Å²) in [5.41, 5.74) is 9.16. The minimum Gasteiger partial charge on any atom is -0.330 e. The number of aryl methyl sites for hydroxylation is 1. The number of hydrogen-bond donors (Lipinski definition) is 1. The van der Waals surface area contributed by atoms with Crippen LogP contribution in [0.3, 0.4) is 0 Å². The highest BCUT2D eigenvalue weighted by molar-refractivity contribution is 5.75. The molecule has 2 N–H and O–H groups in total. The monoisotopic (exact) mass is 189 g/mol. The molecule has 0 saturated heterocycles. The van der Waals surface area contributed by atoms with Gasteiger partial charge in [-0.25, -0.2) is 0 Å². The van der Waals surface area contributed by atoms with E-state index in [0.717, 1.165) is 24.7 Å². The molecule has 0 aliphatic heterocycles. The topological polar surface area (TPSA) is 43.1 Å². The van der Waals surface area contributed by atoms with Gasteiger partial charge in [0.15, 0.2) is 0 Å². The first-order valence-electron chi connectivity index (χ1n) is 5.13. The molecule has 74 valence electrons. The second kappa shape index (κ2) is 3.93. The molecule has 2 heteroatoms. The molecular weight excluding hydrogens is 174 g/mol. The number of nitrogens with two attached hydrogens (primary N) is 1. The molecule has 0 heterocycles. The lowest BCUT2D eigenvalue weighted by molar-refractivity contribution is 0.112. The van der Waals surface area contributed by atoms with E-state index in [-0.39, 0.29) is 0 Å². The van der Waals surface area contributed by atoms with Crippen LogP contribution in [0.5, 0.6) is 0 Å². The summed E-state index contributed by atoms with van der Waals surface area (Å²) >= 11 is 0. The van der Waals surface area contributed by atoms with Gasteiger partial charge in [0.25, 0.3) is 0 Å². The van der Waals surface area contributed by atoms with Crippen molar-refractivity contribution < 1.29 is 4.79 Å². The SMILES string of the molecule is NCC1CCCc2ccc(C=O)cc21. The highest BCUT2D eigenvalue weighted by Crippen LogP contribution is 2.31. The molecule has 1 unspecified atom stereocenters. The predicted octanol–water partition coefficient (Wildman–Crippen LogP) is 1.88. The zero-order valence-corrected chi connectivity index (χ0v) is 8.20. The van der Waals surface area contributed by atoms with E-state index in [1.54, 1.807) is 0 Å². The summed E-state index contributed by atoms with van der Waals surface area (Å²) in [6.07, 6.45) is 4.41. The molecule has 14 heavy (non-hydrogen) atoms. The molecule has 1 atom stereocenters. The third-order valence-corrected chi connectivity index (χ3v) is 3.03. The van der Waals surface area contributed by atoms with Crippen LogP contribution in [0.15, 0.2) is 18.2 Å². The normalized spacial score (nSPS) is 20.2. The lowest BCUT2D eigenvalue weighted by Gasteiger charge is -2.24. The summed E-state index contributed by atoms with van der Waals surface area (Å²) in [6.45, 7) is 0.690. The van der Waals surface area contributed by atoms with Gasteiger partial charge in [0, 0.05) is 5.56 Å². The summed E-state index contributed by atoms with van der Waals surface area (Å²) in [5, 5.41) is 0. The molecule has 0 spiro atoms. The largest absolute Gasteiger partial charge is 0.330 e. The lowest BCUT2D eigenvalue weighted by atomic mass is 9.82. The summed E-state index contributed by atoms with van der Waals surface area (Å²) in [7, 11) is 0. The van der Waals surface area contributed by atoms with Crippen molar-refractivity contribution in [1.82, 2.24) is 0 Å². The number of carbonyl (C=O) groups excluding carboxylic acids is 1. The summed E-state index contributed by atoms with van der Waals surface area (Å²) in [4.78, 5) is 10.7. The maximum absolute atomic E-state index is 10.7. The Kier molecular flexibility index (Phi) is 2.64. The second-order valence-corrected chi connectivity index (χ2v) is 3.90. The van der Waals surface area contributed by atoms with Crippen LogP contribution in [-0.4, -0.2) is 12.8 Å². The number of carbonyl (C=O) groups is 1. The predicted molar refractivity (Wildman–Crippen MR) is 56.6 cm³/mol. The molecular formula is C12H15NO. The zero-order valence-electron chi connectivity index (χ0n) is 8.20. The number of hydrogen-bond acceptors (Lipinski definition) is 2. The Labute approximate surface area is 84.1 Å². The molecule has 0 radical (unpaired) electrons. The Balaban J connectivity index is 2.42. The van der Waals surface area contributed by atoms with E-state index in [1.165, 1.54) is 17.5 Å². The van der Waals surface area contributed by atoms with Crippen molar-refractivity contribution in [3.05, 3.63) is 34.9 Å². The highest BCUT2D eigenvalue weighted by Gasteiger charge is 2.18. The Bertz CT molecular complexity index is 346. The maximum atomic E-state index is 10.7. The summed E-state index contributed by atoms with van der Waals surface area (Å²) < 4.78 is 0. The molecule has 2 rings (SSSR count). The fourth-order valence-electron chi connectivity index (χ4n) is 2.23. The van der Waals surface area contributed by atoms with Crippen molar-refractivity contribution in [2.45, 2.75) is 25.2 Å². The van der Waals surface area contributed by atoms with Crippen LogP contribution in [0.4, 0.5) is 0 Å². The smallest absolute Gasteiger partial charge is 0.150 e. The number of benzene rings is 1. The maximum Gasteiger partial charge on any atom is 0.150 e. The minimum absolute atomic E-state index is 0.457. The van der Waals surface area contributed by atoms with Gasteiger partial charge >= 0.3 is 0 Å². The Hall–Kier alpha value is -1.15. The van der Waals surface area contributed by atoms with E-state index in [4.69, 9.17) is 5.73 Å². The van der Waals surface area contributed by atoms with E-state index in [9.17, 15) is 4.79 Å².